The lowest BCUT2D eigenvalue weighted by Crippen LogP contribution is -2.11. The number of aromatic nitrogens is 4. The zero-order valence-electron chi connectivity index (χ0n) is 15.6. The topological polar surface area (TPSA) is 84.7 Å². The number of aryl methyl sites for hydroxylation is 3. The first-order chi connectivity index (χ1) is 13.5. The molecule has 7 nitrogen and oxygen atoms in total. The Hall–Kier alpha value is -3.04. The van der Waals surface area contributed by atoms with E-state index in [2.05, 4.69) is 25.7 Å². The number of nitrogens with one attached hydrogen (secondary N) is 2. The maximum Gasteiger partial charge on any atom is 0.257 e. The fourth-order valence-corrected chi connectivity index (χ4v) is 4.16. The molecule has 0 unspecified atom stereocenters. The quantitative estimate of drug-likeness (QED) is 0.502. The monoisotopic (exact) mass is 410 g/mol. The van der Waals surface area contributed by atoms with E-state index in [-0.39, 0.29) is 5.91 Å². The van der Waals surface area contributed by atoms with Crippen molar-refractivity contribution >= 4 is 44.5 Å². The number of rotatable bonds is 5. The molecule has 3 aromatic heterocycles. The van der Waals surface area contributed by atoms with Gasteiger partial charge < -0.3 is 5.32 Å². The molecular weight excluding hydrogens is 392 g/mol. The first kappa shape index (κ1) is 18.3. The van der Waals surface area contributed by atoms with Crippen molar-refractivity contribution in [3.05, 3.63) is 58.2 Å². The molecule has 1 amide bonds. The Bertz CT molecular complexity index is 1140. The number of hydrogen-bond donors (Lipinski definition) is 2. The van der Waals surface area contributed by atoms with E-state index in [9.17, 15) is 4.79 Å². The maximum absolute atomic E-state index is 12.6. The van der Waals surface area contributed by atoms with Crippen molar-refractivity contribution in [3.63, 3.8) is 0 Å². The fraction of sp³-hybridized carbons (Fsp3) is 0.158. The summed E-state index contributed by atoms with van der Waals surface area (Å²) in [4.78, 5) is 21.5. The number of carbonyl (C=O) groups excluding carboxylic acids is 1. The van der Waals surface area contributed by atoms with E-state index in [1.165, 1.54) is 22.7 Å². The van der Waals surface area contributed by atoms with Crippen LogP contribution in [0.3, 0.4) is 0 Å². The molecule has 3 heterocycles. The highest BCUT2D eigenvalue weighted by Gasteiger charge is 2.13. The molecule has 0 radical (unpaired) electrons. The Morgan fingerprint density at radius 1 is 1.11 bits per heavy atom. The standard InChI is InChI=1S/C19H18N6OS2/c1-11-9-27-18(20-11)21-14-6-4-5-13(7-14)17(26)23-19-22-16(10-28-19)15-8-25(3)24-12(15)2/h4-10H,1-3H3,(H,20,21)(H,22,23,26). The van der Waals surface area contributed by atoms with Gasteiger partial charge in [-0.2, -0.15) is 5.10 Å². The van der Waals surface area contributed by atoms with Crippen molar-refractivity contribution in [1.29, 1.82) is 0 Å². The van der Waals surface area contributed by atoms with E-state index >= 15 is 0 Å². The first-order valence-electron chi connectivity index (χ1n) is 8.54. The van der Waals surface area contributed by atoms with Gasteiger partial charge in [0.2, 0.25) is 0 Å². The van der Waals surface area contributed by atoms with Gasteiger partial charge in [-0.1, -0.05) is 6.07 Å². The van der Waals surface area contributed by atoms with E-state index in [0.717, 1.165) is 33.5 Å². The SMILES string of the molecule is Cc1csc(Nc2cccc(C(=O)Nc3nc(-c4cn(C)nc4C)cs3)c2)n1. The van der Waals surface area contributed by atoms with Crippen LogP contribution in [0.5, 0.6) is 0 Å². The normalized spacial score (nSPS) is 10.8. The number of hydrogen-bond acceptors (Lipinski definition) is 7. The molecule has 4 aromatic rings. The lowest BCUT2D eigenvalue weighted by Gasteiger charge is -2.06. The number of nitrogens with zero attached hydrogens (tertiary/aromatic N) is 4. The molecular formula is C19H18N6OS2. The van der Waals surface area contributed by atoms with Crippen molar-refractivity contribution in [2.24, 2.45) is 7.05 Å². The number of thiazole rings is 2. The largest absolute Gasteiger partial charge is 0.332 e. The second kappa shape index (κ2) is 7.53. The lowest BCUT2D eigenvalue weighted by atomic mass is 10.2. The average Bonchev–Trinajstić information content (AvgIpc) is 3.36. The van der Waals surface area contributed by atoms with Crippen LogP contribution in [0.2, 0.25) is 0 Å². The Morgan fingerprint density at radius 3 is 2.64 bits per heavy atom. The molecule has 4 rings (SSSR count). The minimum Gasteiger partial charge on any atom is -0.332 e. The summed E-state index contributed by atoms with van der Waals surface area (Å²) in [6.45, 7) is 3.89. The first-order valence-corrected chi connectivity index (χ1v) is 10.3. The van der Waals surface area contributed by atoms with Gasteiger partial charge in [0, 0.05) is 40.8 Å². The van der Waals surface area contributed by atoms with Crippen LogP contribution in [0, 0.1) is 13.8 Å². The molecule has 1 aromatic carbocycles. The molecule has 0 spiro atoms. The van der Waals surface area contributed by atoms with Gasteiger partial charge in [0.05, 0.1) is 17.1 Å². The highest BCUT2D eigenvalue weighted by atomic mass is 32.1. The number of anilines is 3. The van der Waals surface area contributed by atoms with Gasteiger partial charge in [0.25, 0.3) is 5.91 Å². The van der Waals surface area contributed by atoms with E-state index in [0.29, 0.717) is 10.7 Å². The third kappa shape index (κ3) is 3.95. The molecule has 0 bridgehead atoms. The molecule has 0 saturated carbocycles. The number of benzene rings is 1. The van der Waals surface area contributed by atoms with Gasteiger partial charge in [-0.15, -0.1) is 22.7 Å². The van der Waals surface area contributed by atoms with Crippen molar-refractivity contribution in [3.8, 4) is 11.3 Å². The summed E-state index contributed by atoms with van der Waals surface area (Å²) < 4.78 is 1.75. The maximum atomic E-state index is 12.6. The second-order valence-electron chi connectivity index (χ2n) is 6.29. The summed E-state index contributed by atoms with van der Waals surface area (Å²) in [7, 11) is 1.87. The van der Waals surface area contributed by atoms with Crippen molar-refractivity contribution in [2.75, 3.05) is 10.6 Å². The average molecular weight is 411 g/mol. The van der Waals surface area contributed by atoms with Crippen LogP contribution in [0.1, 0.15) is 21.7 Å². The molecule has 0 atom stereocenters. The second-order valence-corrected chi connectivity index (χ2v) is 8.01. The van der Waals surface area contributed by atoms with Crippen LogP contribution in [0.15, 0.2) is 41.2 Å². The molecule has 0 aliphatic rings. The molecule has 142 valence electrons. The predicted molar refractivity (Wildman–Crippen MR) is 114 cm³/mol. The minimum absolute atomic E-state index is 0.206. The zero-order chi connectivity index (χ0) is 19.7. The van der Waals surface area contributed by atoms with Gasteiger partial charge in [0.15, 0.2) is 10.3 Å². The molecule has 2 N–H and O–H groups in total. The smallest absolute Gasteiger partial charge is 0.257 e. The molecule has 0 aliphatic heterocycles. The molecule has 0 aliphatic carbocycles. The highest BCUT2D eigenvalue weighted by molar-refractivity contribution is 7.14. The summed E-state index contributed by atoms with van der Waals surface area (Å²) >= 11 is 2.92. The van der Waals surface area contributed by atoms with Crippen LogP contribution in [0.25, 0.3) is 11.3 Å². The van der Waals surface area contributed by atoms with E-state index in [4.69, 9.17) is 0 Å². The van der Waals surface area contributed by atoms with Gasteiger partial charge in [0.1, 0.15) is 0 Å². The predicted octanol–water partition coefficient (Wildman–Crippen LogP) is 4.61. The van der Waals surface area contributed by atoms with E-state index in [1.807, 2.05) is 50.0 Å². The lowest BCUT2D eigenvalue weighted by molar-refractivity contribution is 0.102. The van der Waals surface area contributed by atoms with Crippen LogP contribution in [-0.4, -0.2) is 25.7 Å². The third-order valence-electron chi connectivity index (χ3n) is 4.01. The van der Waals surface area contributed by atoms with Crippen LogP contribution in [0.4, 0.5) is 16.0 Å². The number of carbonyl (C=O) groups is 1. The summed E-state index contributed by atoms with van der Waals surface area (Å²) in [5.74, 6) is -0.206. The van der Waals surface area contributed by atoms with E-state index < -0.39 is 0 Å². The minimum atomic E-state index is -0.206. The third-order valence-corrected chi connectivity index (χ3v) is 5.64. The van der Waals surface area contributed by atoms with Crippen molar-refractivity contribution < 1.29 is 4.79 Å². The number of amides is 1. The van der Waals surface area contributed by atoms with Gasteiger partial charge in [-0.05, 0) is 32.0 Å². The Kier molecular flexibility index (Phi) is 4.93. The summed E-state index contributed by atoms with van der Waals surface area (Å²) in [5, 5.41) is 15.7. The van der Waals surface area contributed by atoms with Crippen molar-refractivity contribution in [2.45, 2.75) is 13.8 Å². The van der Waals surface area contributed by atoms with Gasteiger partial charge >= 0.3 is 0 Å². The van der Waals surface area contributed by atoms with Gasteiger partial charge in [-0.3, -0.25) is 14.8 Å². The van der Waals surface area contributed by atoms with E-state index in [1.54, 1.807) is 16.8 Å². The molecule has 0 saturated heterocycles. The highest BCUT2D eigenvalue weighted by Crippen LogP contribution is 2.27. The Morgan fingerprint density at radius 2 is 1.93 bits per heavy atom. The molecule has 0 fully saturated rings. The summed E-state index contributed by atoms with van der Waals surface area (Å²) in [6, 6.07) is 7.31. The van der Waals surface area contributed by atoms with Crippen LogP contribution >= 0.6 is 22.7 Å². The molecule has 28 heavy (non-hydrogen) atoms. The Balaban J connectivity index is 1.48. The molecule has 9 heteroatoms. The van der Waals surface area contributed by atoms with Gasteiger partial charge in [-0.25, -0.2) is 9.97 Å². The van der Waals surface area contributed by atoms with Crippen LogP contribution < -0.4 is 10.6 Å². The van der Waals surface area contributed by atoms with Crippen LogP contribution in [-0.2, 0) is 7.05 Å². The zero-order valence-corrected chi connectivity index (χ0v) is 17.2. The summed E-state index contributed by atoms with van der Waals surface area (Å²) in [6.07, 6.45) is 1.92. The van der Waals surface area contributed by atoms with Crippen molar-refractivity contribution in [1.82, 2.24) is 19.7 Å². The Labute approximate surface area is 170 Å². The fourth-order valence-electron chi connectivity index (χ4n) is 2.75. The summed E-state index contributed by atoms with van der Waals surface area (Å²) in [5.41, 5.74) is 5.00.